The van der Waals surface area contributed by atoms with Crippen LogP contribution in [0.15, 0.2) is 40.9 Å². The quantitative estimate of drug-likeness (QED) is 0.936. The number of amides is 1. The zero-order valence-corrected chi connectivity index (χ0v) is 12.6. The van der Waals surface area contributed by atoms with E-state index < -0.39 is 12.0 Å². The molecule has 1 atom stereocenters. The number of carboxylic acid groups (broad SMARTS) is 1. The van der Waals surface area contributed by atoms with E-state index in [-0.39, 0.29) is 12.3 Å². The van der Waals surface area contributed by atoms with Crippen molar-refractivity contribution in [1.82, 2.24) is 10.1 Å². The second kappa shape index (κ2) is 6.64. The van der Waals surface area contributed by atoms with Gasteiger partial charge in [-0.1, -0.05) is 35.5 Å². The van der Waals surface area contributed by atoms with Crippen LogP contribution in [0.4, 0.5) is 0 Å². The van der Waals surface area contributed by atoms with E-state index in [1.807, 2.05) is 30.3 Å². The van der Waals surface area contributed by atoms with Crippen LogP contribution < -0.4 is 0 Å². The highest BCUT2D eigenvalue weighted by molar-refractivity contribution is 5.85. The van der Waals surface area contributed by atoms with Crippen molar-refractivity contribution in [2.45, 2.75) is 31.7 Å². The molecule has 0 saturated carbocycles. The highest BCUT2D eigenvalue weighted by atomic mass is 16.5. The molecule has 1 fully saturated rings. The van der Waals surface area contributed by atoms with Crippen molar-refractivity contribution in [3.63, 3.8) is 0 Å². The van der Waals surface area contributed by atoms with E-state index in [0.717, 1.165) is 18.4 Å². The van der Waals surface area contributed by atoms with Crippen molar-refractivity contribution in [2.75, 3.05) is 6.54 Å². The van der Waals surface area contributed by atoms with E-state index in [0.29, 0.717) is 24.4 Å². The largest absolute Gasteiger partial charge is 0.480 e. The summed E-state index contributed by atoms with van der Waals surface area (Å²) in [5.41, 5.74) is 1.41. The Balaban J connectivity index is 1.70. The highest BCUT2D eigenvalue weighted by Crippen LogP contribution is 2.22. The predicted molar refractivity (Wildman–Crippen MR) is 82.6 cm³/mol. The highest BCUT2D eigenvalue weighted by Gasteiger charge is 2.32. The zero-order valence-electron chi connectivity index (χ0n) is 12.6. The Bertz CT molecular complexity index is 696. The maximum Gasteiger partial charge on any atom is 0.326 e. The van der Waals surface area contributed by atoms with E-state index >= 15 is 0 Å². The molecule has 1 aliphatic rings. The molecule has 1 amide bonds. The van der Waals surface area contributed by atoms with Crippen LogP contribution in [0.5, 0.6) is 0 Å². The smallest absolute Gasteiger partial charge is 0.326 e. The number of carboxylic acids is 1. The Morgan fingerprint density at radius 3 is 2.78 bits per heavy atom. The average molecular weight is 314 g/mol. The predicted octanol–water partition coefficient (Wildman–Crippen LogP) is 2.35. The minimum atomic E-state index is -0.942. The Kier molecular flexibility index (Phi) is 4.41. The number of aromatic nitrogens is 1. The van der Waals surface area contributed by atoms with Crippen LogP contribution in [0.25, 0.3) is 11.3 Å². The number of nitrogens with zero attached hydrogens (tertiary/aromatic N) is 2. The summed E-state index contributed by atoms with van der Waals surface area (Å²) in [5.74, 6) is -0.560. The number of likely N-dealkylation sites (tertiary alicyclic amines) is 1. The van der Waals surface area contributed by atoms with Crippen LogP contribution in [0.3, 0.4) is 0 Å². The molecule has 6 nitrogen and oxygen atoms in total. The molecule has 1 saturated heterocycles. The third kappa shape index (κ3) is 3.41. The van der Waals surface area contributed by atoms with Crippen molar-refractivity contribution in [2.24, 2.45) is 0 Å². The summed E-state index contributed by atoms with van der Waals surface area (Å²) in [4.78, 5) is 25.1. The number of piperidine rings is 1. The molecule has 120 valence electrons. The minimum absolute atomic E-state index is 0.0557. The zero-order chi connectivity index (χ0) is 16.2. The molecule has 6 heteroatoms. The lowest BCUT2D eigenvalue weighted by Gasteiger charge is -2.32. The van der Waals surface area contributed by atoms with E-state index in [1.165, 1.54) is 4.90 Å². The third-order valence-corrected chi connectivity index (χ3v) is 4.06. The van der Waals surface area contributed by atoms with Gasteiger partial charge in [0.1, 0.15) is 6.04 Å². The Morgan fingerprint density at radius 2 is 2.04 bits per heavy atom. The number of rotatable bonds is 4. The van der Waals surface area contributed by atoms with Gasteiger partial charge in [-0.25, -0.2) is 4.79 Å². The van der Waals surface area contributed by atoms with E-state index in [4.69, 9.17) is 4.52 Å². The lowest BCUT2D eigenvalue weighted by molar-refractivity contribution is -0.151. The topological polar surface area (TPSA) is 83.6 Å². The van der Waals surface area contributed by atoms with Gasteiger partial charge in [-0.15, -0.1) is 0 Å². The fourth-order valence-electron chi connectivity index (χ4n) is 2.88. The fraction of sp³-hybridized carbons (Fsp3) is 0.353. The molecule has 2 aromatic rings. The van der Waals surface area contributed by atoms with Gasteiger partial charge in [-0.05, 0) is 19.3 Å². The van der Waals surface area contributed by atoms with Crippen LogP contribution in [-0.4, -0.2) is 39.6 Å². The molecule has 0 radical (unpaired) electrons. The van der Waals surface area contributed by atoms with Crippen LogP contribution >= 0.6 is 0 Å². The van der Waals surface area contributed by atoms with E-state index in [1.54, 1.807) is 6.07 Å². The van der Waals surface area contributed by atoms with Crippen molar-refractivity contribution < 1.29 is 19.2 Å². The first-order chi connectivity index (χ1) is 11.1. The van der Waals surface area contributed by atoms with Gasteiger partial charge in [0, 0.05) is 18.2 Å². The first-order valence-electron chi connectivity index (χ1n) is 7.68. The van der Waals surface area contributed by atoms with E-state index in [9.17, 15) is 14.7 Å². The summed E-state index contributed by atoms with van der Waals surface area (Å²) in [6.45, 7) is 0.485. The molecule has 23 heavy (non-hydrogen) atoms. The van der Waals surface area contributed by atoms with Crippen LogP contribution in [0, 0.1) is 0 Å². The molecule has 0 bridgehead atoms. The second-order valence-electron chi connectivity index (χ2n) is 5.66. The number of benzene rings is 1. The van der Waals surface area contributed by atoms with Gasteiger partial charge in [0.25, 0.3) is 0 Å². The third-order valence-electron chi connectivity index (χ3n) is 4.06. The molecule has 0 aliphatic carbocycles. The summed E-state index contributed by atoms with van der Waals surface area (Å²) >= 11 is 0. The van der Waals surface area contributed by atoms with Crippen molar-refractivity contribution >= 4 is 11.9 Å². The standard InChI is InChI=1S/C17H18N2O4/c20-16(19-9-5-4-8-14(19)17(21)22)11-13-10-15(23-18-13)12-6-2-1-3-7-12/h1-3,6-7,10,14H,4-5,8-9,11H2,(H,21,22)/t14-/m1/s1. The molecule has 1 aliphatic heterocycles. The summed E-state index contributed by atoms with van der Waals surface area (Å²) < 4.78 is 5.28. The molecule has 1 aromatic heterocycles. The molecule has 1 aromatic carbocycles. The average Bonchev–Trinajstić information content (AvgIpc) is 3.04. The lowest BCUT2D eigenvalue weighted by Crippen LogP contribution is -2.48. The molecule has 1 N–H and O–H groups in total. The van der Waals surface area contributed by atoms with Gasteiger partial charge in [0.15, 0.2) is 5.76 Å². The van der Waals surface area contributed by atoms with Gasteiger partial charge in [0.2, 0.25) is 5.91 Å². The van der Waals surface area contributed by atoms with Gasteiger partial charge in [-0.3, -0.25) is 4.79 Å². The summed E-state index contributed by atoms with van der Waals surface area (Å²) in [5, 5.41) is 13.2. The number of carbonyl (C=O) groups is 2. The van der Waals surface area contributed by atoms with Gasteiger partial charge < -0.3 is 14.5 Å². The van der Waals surface area contributed by atoms with Crippen LogP contribution in [0.2, 0.25) is 0 Å². The number of carbonyl (C=O) groups excluding carboxylic acids is 1. The molecule has 0 spiro atoms. The minimum Gasteiger partial charge on any atom is -0.480 e. The first kappa shape index (κ1) is 15.3. The fourth-order valence-corrected chi connectivity index (χ4v) is 2.88. The molecule has 3 rings (SSSR count). The van der Waals surface area contributed by atoms with Gasteiger partial charge in [0.05, 0.1) is 12.1 Å². The molecule has 0 unspecified atom stereocenters. The Morgan fingerprint density at radius 1 is 1.26 bits per heavy atom. The summed E-state index contributed by atoms with van der Waals surface area (Å²) in [6, 6.07) is 10.5. The maximum absolute atomic E-state index is 12.4. The number of hydrogen-bond donors (Lipinski definition) is 1. The SMILES string of the molecule is O=C(O)[C@H]1CCCCN1C(=O)Cc1cc(-c2ccccc2)on1. The van der Waals surface area contributed by atoms with Gasteiger partial charge in [-0.2, -0.15) is 0 Å². The van der Waals surface area contributed by atoms with Crippen molar-refractivity contribution in [3.05, 3.63) is 42.1 Å². The first-order valence-corrected chi connectivity index (χ1v) is 7.68. The molecule has 2 heterocycles. The molecular formula is C17H18N2O4. The second-order valence-corrected chi connectivity index (χ2v) is 5.66. The van der Waals surface area contributed by atoms with Crippen molar-refractivity contribution in [3.8, 4) is 11.3 Å². The number of hydrogen-bond acceptors (Lipinski definition) is 4. The van der Waals surface area contributed by atoms with E-state index in [2.05, 4.69) is 5.16 Å². The maximum atomic E-state index is 12.4. The van der Waals surface area contributed by atoms with Crippen LogP contribution in [0.1, 0.15) is 25.0 Å². The van der Waals surface area contributed by atoms with Crippen LogP contribution in [-0.2, 0) is 16.0 Å². The lowest BCUT2D eigenvalue weighted by atomic mass is 10.0. The Hall–Kier alpha value is -2.63. The summed E-state index contributed by atoms with van der Waals surface area (Å²) in [7, 11) is 0. The Labute approximate surface area is 133 Å². The monoisotopic (exact) mass is 314 g/mol. The normalized spacial score (nSPS) is 17.9. The summed E-state index contributed by atoms with van der Waals surface area (Å²) in [6.07, 6.45) is 2.24. The van der Waals surface area contributed by atoms with Crippen molar-refractivity contribution in [1.29, 1.82) is 0 Å². The van der Waals surface area contributed by atoms with Gasteiger partial charge >= 0.3 is 5.97 Å². The number of aliphatic carboxylic acids is 1. The molecular weight excluding hydrogens is 296 g/mol.